The summed E-state index contributed by atoms with van der Waals surface area (Å²) in [6.45, 7) is 6.28. The van der Waals surface area contributed by atoms with Crippen LogP contribution in [0.5, 0.6) is 0 Å². The van der Waals surface area contributed by atoms with E-state index < -0.39 is 0 Å². The van der Waals surface area contributed by atoms with Gasteiger partial charge in [0.05, 0.1) is 6.04 Å². The van der Waals surface area contributed by atoms with Crippen LogP contribution in [0.25, 0.3) is 11.1 Å². The molecule has 2 aromatic carbocycles. The largest absolute Gasteiger partial charge is 0.334 e. The van der Waals surface area contributed by atoms with Crippen molar-refractivity contribution in [2.24, 2.45) is 0 Å². The van der Waals surface area contributed by atoms with Crippen molar-refractivity contribution in [1.29, 1.82) is 0 Å². The fourth-order valence-electron chi connectivity index (χ4n) is 3.47. The normalized spacial score (nSPS) is 17.3. The van der Waals surface area contributed by atoms with Crippen LogP contribution in [0.3, 0.4) is 0 Å². The predicted octanol–water partition coefficient (Wildman–Crippen LogP) is 7.47. The molecule has 142 valence electrons. The van der Waals surface area contributed by atoms with Gasteiger partial charge in [-0.1, -0.05) is 84.5 Å². The predicted molar refractivity (Wildman–Crippen MR) is 123 cm³/mol. The molecule has 0 amide bonds. The maximum absolute atomic E-state index is 2.42. The molecule has 1 heteroatoms. The molecule has 3 rings (SSSR count). The first-order chi connectivity index (χ1) is 13.7. The zero-order chi connectivity index (χ0) is 19.8. The summed E-state index contributed by atoms with van der Waals surface area (Å²) < 4.78 is 0. The van der Waals surface area contributed by atoms with E-state index in [4.69, 9.17) is 0 Å². The molecule has 0 aliphatic heterocycles. The highest BCUT2D eigenvalue weighted by molar-refractivity contribution is 5.68. The van der Waals surface area contributed by atoms with Gasteiger partial charge < -0.3 is 4.90 Å². The zero-order valence-corrected chi connectivity index (χ0v) is 17.0. The van der Waals surface area contributed by atoms with Gasteiger partial charge in [-0.3, -0.25) is 0 Å². The van der Waals surface area contributed by atoms with E-state index in [0.29, 0.717) is 6.04 Å². The minimum atomic E-state index is 0.305. The van der Waals surface area contributed by atoms with Crippen molar-refractivity contribution in [1.82, 2.24) is 0 Å². The average Bonchev–Trinajstić information content (AvgIpc) is 2.74. The van der Waals surface area contributed by atoms with Gasteiger partial charge >= 0.3 is 0 Å². The lowest BCUT2D eigenvalue weighted by Crippen LogP contribution is -2.33. The molecule has 1 aliphatic rings. The molecular weight excluding hydrogens is 338 g/mol. The van der Waals surface area contributed by atoms with Crippen LogP contribution in [-0.4, -0.2) is 6.04 Å². The Kier molecular flexibility index (Phi) is 6.86. The summed E-state index contributed by atoms with van der Waals surface area (Å²) in [5, 5.41) is 0. The first kappa shape index (κ1) is 19.7. The summed E-state index contributed by atoms with van der Waals surface area (Å²) in [6.07, 6.45) is 18.5. The van der Waals surface area contributed by atoms with Crippen molar-refractivity contribution in [3.63, 3.8) is 0 Å². The van der Waals surface area contributed by atoms with Gasteiger partial charge in [0.2, 0.25) is 0 Å². The molecule has 1 unspecified atom stereocenters. The molecule has 0 fully saturated rings. The van der Waals surface area contributed by atoms with Crippen LogP contribution in [-0.2, 0) is 0 Å². The monoisotopic (exact) mass is 367 g/mol. The number of hydrogen-bond acceptors (Lipinski definition) is 1. The molecule has 0 radical (unpaired) electrons. The Balaban J connectivity index is 1.99. The lowest BCUT2D eigenvalue weighted by Gasteiger charge is -2.34. The molecule has 1 nitrogen and oxygen atoms in total. The zero-order valence-electron chi connectivity index (χ0n) is 17.0. The Morgan fingerprint density at radius 3 is 2.25 bits per heavy atom. The number of rotatable bonds is 6. The molecule has 0 bridgehead atoms. The van der Waals surface area contributed by atoms with Crippen LogP contribution in [0.1, 0.15) is 27.2 Å². The van der Waals surface area contributed by atoms with Gasteiger partial charge in [0.25, 0.3) is 0 Å². The fraction of sp³-hybridized carbons (Fsp3) is 0.185. The highest BCUT2D eigenvalue weighted by Crippen LogP contribution is 2.30. The Morgan fingerprint density at radius 2 is 1.64 bits per heavy atom. The van der Waals surface area contributed by atoms with E-state index in [-0.39, 0.29) is 0 Å². The Hall–Kier alpha value is -3.06. The molecule has 1 aliphatic carbocycles. The summed E-state index contributed by atoms with van der Waals surface area (Å²) in [6, 6.07) is 19.7. The lowest BCUT2D eigenvalue weighted by atomic mass is 10.00. The van der Waals surface area contributed by atoms with Gasteiger partial charge in [0.15, 0.2) is 0 Å². The number of nitrogens with zero attached hydrogens (tertiary/aromatic N) is 1. The van der Waals surface area contributed by atoms with E-state index in [0.717, 1.165) is 6.42 Å². The van der Waals surface area contributed by atoms with Gasteiger partial charge in [-0.05, 0) is 62.6 Å². The standard InChI is InChI=1S/C27H29N/c1-4-6-13-25(10-5-2)28(26-18-14-22(3)15-19-26)27-20-16-24(17-21-27)23-11-8-7-9-12-23/h4-18,20-21,26H,19H2,1-3H3. The number of anilines is 1. The third kappa shape index (κ3) is 4.80. The Morgan fingerprint density at radius 1 is 0.929 bits per heavy atom. The second kappa shape index (κ2) is 9.75. The van der Waals surface area contributed by atoms with E-state index in [1.54, 1.807) is 0 Å². The van der Waals surface area contributed by atoms with Crippen LogP contribution in [0.2, 0.25) is 0 Å². The van der Waals surface area contributed by atoms with Crippen LogP contribution in [0.15, 0.2) is 114 Å². The molecule has 0 aromatic heterocycles. The van der Waals surface area contributed by atoms with Crippen molar-refractivity contribution in [2.45, 2.75) is 33.2 Å². The summed E-state index contributed by atoms with van der Waals surface area (Å²) in [5.41, 5.74) is 6.21. The van der Waals surface area contributed by atoms with Crippen LogP contribution < -0.4 is 4.90 Å². The number of allylic oxidation sites excluding steroid dienone is 7. The second-order valence-electron chi connectivity index (χ2n) is 7.01. The first-order valence-electron chi connectivity index (χ1n) is 9.98. The molecule has 2 aromatic rings. The number of hydrogen-bond donors (Lipinski definition) is 0. The third-order valence-corrected chi connectivity index (χ3v) is 4.92. The van der Waals surface area contributed by atoms with Gasteiger partial charge in [-0.15, -0.1) is 0 Å². The Bertz CT molecular complexity index is 908. The number of benzene rings is 2. The van der Waals surface area contributed by atoms with E-state index in [1.807, 2.05) is 0 Å². The molecule has 0 heterocycles. The van der Waals surface area contributed by atoms with Crippen molar-refractivity contribution in [3.8, 4) is 11.1 Å². The Labute approximate surface area is 169 Å². The van der Waals surface area contributed by atoms with Gasteiger partial charge in [0, 0.05) is 11.4 Å². The van der Waals surface area contributed by atoms with Gasteiger partial charge in [-0.25, -0.2) is 0 Å². The topological polar surface area (TPSA) is 3.24 Å². The minimum absolute atomic E-state index is 0.305. The molecular formula is C27H29N. The van der Waals surface area contributed by atoms with Crippen molar-refractivity contribution in [2.75, 3.05) is 4.90 Å². The molecule has 1 atom stereocenters. The highest BCUT2D eigenvalue weighted by atomic mass is 15.2. The highest BCUT2D eigenvalue weighted by Gasteiger charge is 2.20. The molecule has 0 spiro atoms. The first-order valence-corrected chi connectivity index (χ1v) is 9.98. The molecule has 0 N–H and O–H groups in total. The maximum atomic E-state index is 2.42. The molecule has 28 heavy (non-hydrogen) atoms. The van der Waals surface area contributed by atoms with E-state index in [1.165, 1.54) is 28.1 Å². The average molecular weight is 368 g/mol. The SMILES string of the molecule is CC=CC=C(C=CC)N(c1ccc(-c2ccccc2)cc1)C1C=CC(C)=CC1. The van der Waals surface area contributed by atoms with E-state index >= 15 is 0 Å². The van der Waals surface area contributed by atoms with Crippen molar-refractivity contribution in [3.05, 3.63) is 114 Å². The summed E-state index contributed by atoms with van der Waals surface area (Å²) >= 11 is 0. The van der Waals surface area contributed by atoms with E-state index in [2.05, 4.69) is 129 Å². The second-order valence-corrected chi connectivity index (χ2v) is 7.01. The maximum Gasteiger partial charge on any atom is 0.0560 e. The van der Waals surface area contributed by atoms with Crippen molar-refractivity contribution < 1.29 is 0 Å². The van der Waals surface area contributed by atoms with Crippen LogP contribution in [0.4, 0.5) is 5.69 Å². The van der Waals surface area contributed by atoms with Crippen LogP contribution >= 0.6 is 0 Å². The molecule has 0 saturated heterocycles. The fourth-order valence-corrected chi connectivity index (χ4v) is 3.47. The minimum Gasteiger partial charge on any atom is -0.334 e. The van der Waals surface area contributed by atoms with E-state index in [9.17, 15) is 0 Å². The van der Waals surface area contributed by atoms with Crippen LogP contribution in [0, 0.1) is 0 Å². The molecule has 0 saturated carbocycles. The lowest BCUT2D eigenvalue weighted by molar-refractivity contribution is 0.757. The summed E-state index contributed by atoms with van der Waals surface area (Å²) in [7, 11) is 0. The van der Waals surface area contributed by atoms with Gasteiger partial charge in [-0.2, -0.15) is 0 Å². The third-order valence-electron chi connectivity index (χ3n) is 4.92. The smallest absolute Gasteiger partial charge is 0.0560 e. The van der Waals surface area contributed by atoms with Gasteiger partial charge in [0.1, 0.15) is 0 Å². The summed E-state index contributed by atoms with van der Waals surface area (Å²) in [5.74, 6) is 0. The summed E-state index contributed by atoms with van der Waals surface area (Å²) in [4.78, 5) is 2.42. The quantitative estimate of drug-likeness (QED) is 0.479. The van der Waals surface area contributed by atoms with Crippen molar-refractivity contribution >= 4 is 5.69 Å².